The van der Waals surface area contributed by atoms with Gasteiger partial charge in [-0.3, -0.25) is 4.40 Å². The Kier molecular flexibility index (Phi) is 3.02. The van der Waals surface area contributed by atoms with Crippen LogP contribution in [-0.2, 0) is 0 Å². The van der Waals surface area contributed by atoms with E-state index in [0.717, 1.165) is 4.47 Å². The number of aromatic carboxylic acids is 1. The molecule has 0 aliphatic rings. The van der Waals surface area contributed by atoms with Crippen molar-refractivity contribution in [1.82, 2.24) is 9.38 Å². The Labute approximate surface area is 121 Å². The molecule has 1 N–H and O–H groups in total. The predicted molar refractivity (Wildman–Crippen MR) is 75.2 cm³/mol. The van der Waals surface area contributed by atoms with E-state index in [2.05, 4.69) is 20.9 Å². The predicted octanol–water partition coefficient (Wildman–Crippen LogP) is 3.60. The van der Waals surface area contributed by atoms with Crippen molar-refractivity contribution in [3.8, 4) is 11.4 Å². The smallest absolute Gasteiger partial charge is 0.356 e. The van der Waals surface area contributed by atoms with Crippen molar-refractivity contribution < 1.29 is 14.3 Å². The van der Waals surface area contributed by atoms with Gasteiger partial charge >= 0.3 is 5.97 Å². The van der Waals surface area contributed by atoms with E-state index in [-0.39, 0.29) is 11.5 Å². The first kappa shape index (κ1) is 12.8. The first-order valence-electron chi connectivity index (χ1n) is 5.73. The van der Waals surface area contributed by atoms with Crippen LogP contribution < -0.4 is 0 Å². The van der Waals surface area contributed by atoms with Crippen LogP contribution in [0, 0.1) is 5.82 Å². The minimum atomic E-state index is -1.10. The number of aromatic nitrogens is 2. The number of hydrogen-bond acceptors (Lipinski definition) is 2. The van der Waals surface area contributed by atoms with Crippen molar-refractivity contribution in [2.45, 2.75) is 0 Å². The Hall–Kier alpha value is -2.21. The fourth-order valence-electron chi connectivity index (χ4n) is 2.02. The van der Waals surface area contributed by atoms with Gasteiger partial charge in [0.2, 0.25) is 0 Å². The van der Waals surface area contributed by atoms with Crippen LogP contribution in [0.2, 0.25) is 0 Å². The summed E-state index contributed by atoms with van der Waals surface area (Å²) in [5.74, 6) is -0.991. The van der Waals surface area contributed by atoms with E-state index in [0.29, 0.717) is 16.9 Å². The summed E-state index contributed by atoms with van der Waals surface area (Å²) in [6, 6.07) is 9.23. The average Bonchev–Trinajstić information content (AvgIpc) is 2.78. The van der Waals surface area contributed by atoms with Gasteiger partial charge < -0.3 is 5.11 Å². The summed E-state index contributed by atoms with van der Waals surface area (Å²) in [5.41, 5.74) is 1.09. The summed E-state index contributed by atoms with van der Waals surface area (Å²) in [6.45, 7) is 0. The molecule has 0 aliphatic carbocycles. The molecular formula is C14H8BrFN2O2. The fourth-order valence-corrected chi connectivity index (χ4v) is 2.35. The van der Waals surface area contributed by atoms with E-state index in [1.54, 1.807) is 34.9 Å². The van der Waals surface area contributed by atoms with Crippen LogP contribution in [0.5, 0.6) is 0 Å². The lowest BCUT2D eigenvalue weighted by atomic mass is 10.2. The molecule has 0 saturated carbocycles. The molecule has 6 heteroatoms. The van der Waals surface area contributed by atoms with Crippen LogP contribution in [-0.4, -0.2) is 20.5 Å². The van der Waals surface area contributed by atoms with Crippen molar-refractivity contribution in [2.24, 2.45) is 0 Å². The lowest BCUT2D eigenvalue weighted by Crippen LogP contribution is -1.97. The normalized spacial score (nSPS) is 10.9. The van der Waals surface area contributed by atoms with Gasteiger partial charge in [0.1, 0.15) is 11.6 Å². The second kappa shape index (κ2) is 4.72. The third-order valence-corrected chi connectivity index (χ3v) is 3.40. The Morgan fingerprint density at radius 2 is 1.95 bits per heavy atom. The zero-order valence-electron chi connectivity index (χ0n) is 10.0. The lowest BCUT2D eigenvalue weighted by molar-refractivity contribution is 0.0693. The molecule has 0 spiro atoms. The number of pyridine rings is 1. The van der Waals surface area contributed by atoms with Gasteiger partial charge in [0.15, 0.2) is 5.69 Å². The standard InChI is InChI=1S/C14H8BrFN2O2/c15-9-5-6-18-11(7-9)12(14(19)20)17-13(18)8-1-3-10(16)4-2-8/h1-7H,(H,19,20). The van der Waals surface area contributed by atoms with Gasteiger partial charge in [-0.15, -0.1) is 0 Å². The topological polar surface area (TPSA) is 54.6 Å². The quantitative estimate of drug-likeness (QED) is 0.779. The largest absolute Gasteiger partial charge is 0.476 e. The molecule has 3 rings (SSSR count). The van der Waals surface area contributed by atoms with Crippen LogP contribution in [0.3, 0.4) is 0 Å². The molecule has 0 radical (unpaired) electrons. The van der Waals surface area contributed by atoms with Crippen LogP contribution in [0.15, 0.2) is 47.1 Å². The minimum absolute atomic E-state index is 0.0365. The Morgan fingerprint density at radius 1 is 1.25 bits per heavy atom. The molecule has 0 fully saturated rings. The minimum Gasteiger partial charge on any atom is -0.476 e. The average molecular weight is 335 g/mol. The van der Waals surface area contributed by atoms with Gasteiger partial charge in [0.05, 0.1) is 5.52 Å². The zero-order valence-corrected chi connectivity index (χ0v) is 11.6. The number of carboxylic acid groups (broad SMARTS) is 1. The highest BCUT2D eigenvalue weighted by atomic mass is 79.9. The molecule has 2 heterocycles. The number of fused-ring (bicyclic) bond motifs is 1. The second-order valence-electron chi connectivity index (χ2n) is 4.20. The number of halogens is 2. The second-order valence-corrected chi connectivity index (χ2v) is 5.11. The van der Waals surface area contributed by atoms with Crippen molar-refractivity contribution in [2.75, 3.05) is 0 Å². The number of benzene rings is 1. The van der Waals surface area contributed by atoms with Crippen molar-refractivity contribution in [3.63, 3.8) is 0 Å². The summed E-state index contributed by atoms with van der Waals surface area (Å²) in [4.78, 5) is 15.4. The third-order valence-electron chi connectivity index (χ3n) is 2.91. The Morgan fingerprint density at radius 3 is 2.60 bits per heavy atom. The number of imidazole rings is 1. The van der Waals surface area contributed by atoms with E-state index in [1.807, 2.05) is 0 Å². The highest BCUT2D eigenvalue weighted by Gasteiger charge is 2.17. The maximum absolute atomic E-state index is 13.0. The van der Waals surface area contributed by atoms with Crippen molar-refractivity contribution in [3.05, 3.63) is 58.6 Å². The Bertz CT molecular complexity index is 812. The van der Waals surface area contributed by atoms with Gasteiger partial charge in [-0.1, -0.05) is 15.9 Å². The van der Waals surface area contributed by atoms with Crippen LogP contribution in [0.1, 0.15) is 10.5 Å². The molecule has 0 saturated heterocycles. The fraction of sp³-hybridized carbons (Fsp3) is 0. The van der Waals surface area contributed by atoms with E-state index < -0.39 is 5.97 Å². The SMILES string of the molecule is O=C(O)c1nc(-c2ccc(F)cc2)n2ccc(Br)cc12. The number of hydrogen-bond donors (Lipinski definition) is 1. The highest BCUT2D eigenvalue weighted by molar-refractivity contribution is 9.10. The van der Waals surface area contributed by atoms with Gasteiger partial charge in [0.25, 0.3) is 0 Å². The molecule has 100 valence electrons. The number of carbonyl (C=O) groups is 1. The summed E-state index contributed by atoms with van der Waals surface area (Å²) in [7, 11) is 0. The summed E-state index contributed by atoms with van der Waals surface area (Å²) >= 11 is 3.31. The van der Waals surface area contributed by atoms with E-state index >= 15 is 0 Å². The third kappa shape index (κ3) is 2.08. The molecule has 0 atom stereocenters. The van der Waals surface area contributed by atoms with Crippen molar-refractivity contribution >= 4 is 27.4 Å². The molecule has 0 aliphatic heterocycles. The molecule has 2 aromatic heterocycles. The van der Waals surface area contributed by atoms with Crippen LogP contribution in [0.4, 0.5) is 4.39 Å². The molecular weight excluding hydrogens is 327 g/mol. The van der Waals surface area contributed by atoms with Gasteiger partial charge in [0, 0.05) is 16.2 Å². The number of carboxylic acids is 1. The van der Waals surface area contributed by atoms with Crippen LogP contribution >= 0.6 is 15.9 Å². The maximum Gasteiger partial charge on any atom is 0.356 e. The molecule has 1 aromatic carbocycles. The highest BCUT2D eigenvalue weighted by Crippen LogP contribution is 2.25. The molecule has 4 nitrogen and oxygen atoms in total. The summed E-state index contributed by atoms with van der Waals surface area (Å²) in [6.07, 6.45) is 1.72. The molecule has 0 amide bonds. The molecule has 0 unspecified atom stereocenters. The first-order valence-corrected chi connectivity index (χ1v) is 6.52. The summed E-state index contributed by atoms with van der Waals surface area (Å²) in [5, 5.41) is 9.23. The van der Waals surface area contributed by atoms with Gasteiger partial charge in [-0.25, -0.2) is 14.2 Å². The van der Waals surface area contributed by atoms with E-state index in [4.69, 9.17) is 0 Å². The van der Waals surface area contributed by atoms with Gasteiger partial charge in [-0.2, -0.15) is 0 Å². The monoisotopic (exact) mass is 334 g/mol. The maximum atomic E-state index is 13.0. The van der Waals surface area contributed by atoms with Crippen LogP contribution in [0.25, 0.3) is 16.9 Å². The Balaban J connectivity index is 2.31. The first-order chi connectivity index (χ1) is 9.56. The zero-order chi connectivity index (χ0) is 14.3. The van der Waals surface area contributed by atoms with Crippen molar-refractivity contribution in [1.29, 1.82) is 0 Å². The number of nitrogens with zero attached hydrogens (tertiary/aromatic N) is 2. The lowest BCUT2D eigenvalue weighted by Gasteiger charge is -2.01. The molecule has 20 heavy (non-hydrogen) atoms. The number of rotatable bonds is 2. The van der Waals surface area contributed by atoms with E-state index in [9.17, 15) is 14.3 Å². The molecule has 3 aromatic rings. The van der Waals surface area contributed by atoms with Gasteiger partial charge in [-0.05, 0) is 36.4 Å². The summed E-state index contributed by atoms with van der Waals surface area (Å²) < 4.78 is 15.4. The molecule has 0 bridgehead atoms. The van der Waals surface area contributed by atoms with E-state index in [1.165, 1.54) is 12.1 Å².